The van der Waals surface area contributed by atoms with Gasteiger partial charge >= 0.3 is 6.16 Å². The standard InChI is InChI=1S/C16H19N3O6S/c1-10-6-12(24-3)7-11(2)15(10)26(22,23)19-5-4-18-9-14(25-16(20)21)17-13(18)8-19/h6-7,9H,4-5,8H2,1-3H3,(H,20,21). The Morgan fingerprint density at radius 1 is 1.23 bits per heavy atom. The van der Waals surface area contributed by atoms with Crippen molar-refractivity contribution in [1.82, 2.24) is 13.9 Å². The molecule has 0 aliphatic carbocycles. The maximum atomic E-state index is 13.1. The third-order valence-electron chi connectivity index (χ3n) is 4.20. The molecule has 0 saturated carbocycles. The summed E-state index contributed by atoms with van der Waals surface area (Å²) in [6, 6.07) is 3.37. The molecule has 26 heavy (non-hydrogen) atoms. The fraction of sp³-hybridized carbons (Fsp3) is 0.375. The molecule has 1 N–H and O–H groups in total. The average molecular weight is 381 g/mol. The number of benzene rings is 1. The third-order valence-corrected chi connectivity index (χ3v) is 6.36. The number of carbonyl (C=O) groups is 1. The number of hydrogen-bond donors (Lipinski definition) is 1. The van der Waals surface area contributed by atoms with E-state index in [4.69, 9.17) is 9.84 Å². The van der Waals surface area contributed by atoms with E-state index in [0.717, 1.165) is 0 Å². The summed E-state index contributed by atoms with van der Waals surface area (Å²) in [4.78, 5) is 14.9. The first-order valence-corrected chi connectivity index (χ1v) is 9.28. The molecule has 3 rings (SSSR count). The van der Waals surface area contributed by atoms with Crippen molar-refractivity contribution in [2.24, 2.45) is 0 Å². The minimum Gasteiger partial charge on any atom is -0.497 e. The number of rotatable bonds is 4. The van der Waals surface area contributed by atoms with Gasteiger partial charge in [-0.05, 0) is 37.1 Å². The SMILES string of the molecule is COc1cc(C)c(S(=O)(=O)N2CCn3cc(OC(=O)O)nc3C2)c(C)c1. The van der Waals surface area contributed by atoms with Crippen LogP contribution in [0.4, 0.5) is 4.79 Å². The predicted octanol–water partition coefficient (Wildman–Crippen LogP) is 1.77. The quantitative estimate of drug-likeness (QED) is 0.804. The van der Waals surface area contributed by atoms with E-state index in [2.05, 4.69) is 9.72 Å². The van der Waals surface area contributed by atoms with E-state index >= 15 is 0 Å². The first-order chi connectivity index (χ1) is 12.2. The lowest BCUT2D eigenvalue weighted by Crippen LogP contribution is -2.38. The molecule has 1 aromatic heterocycles. The highest BCUT2D eigenvalue weighted by Gasteiger charge is 2.32. The Bertz CT molecular complexity index is 943. The highest BCUT2D eigenvalue weighted by Crippen LogP contribution is 2.30. The summed E-state index contributed by atoms with van der Waals surface area (Å²) in [5.74, 6) is 0.965. The van der Waals surface area contributed by atoms with Gasteiger partial charge in [0.2, 0.25) is 15.9 Å². The van der Waals surface area contributed by atoms with Crippen molar-refractivity contribution >= 4 is 16.2 Å². The smallest absolute Gasteiger partial charge is 0.497 e. The highest BCUT2D eigenvalue weighted by atomic mass is 32.2. The van der Waals surface area contributed by atoms with Gasteiger partial charge < -0.3 is 19.1 Å². The molecule has 0 amide bonds. The van der Waals surface area contributed by atoms with Gasteiger partial charge in [-0.25, -0.2) is 13.2 Å². The van der Waals surface area contributed by atoms with Crippen LogP contribution in [-0.2, 0) is 23.1 Å². The van der Waals surface area contributed by atoms with E-state index in [-0.39, 0.29) is 23.9 Å². The van der Waals surface area contributed by atoms with Crippen LogP contribution in [0.5, 0.6) is 11.6 Å². The van der Waals surface area contributed by atoms with Crippen LogP contribution in [0.1, 0.15) is 17.0 Å². The zero-order valence-corrected chi connectivity index (χ0v) is 15.4. The Hall–Kier alpha value is -2.59. The van der Waals surface area contributed by atoms with E-state index in [1.165, 1.54) is 17.6 Å². The van der Waals surface area contributed by atoms with Crippen LogP contribution >= 0.6 is 0 Å². The van der Waals surface area contributed by atoms with Gasteiger partial charge in [-0.2, -0.15) is 9.29 Å². The molecule has 2 aromatic rings. The minimum atomic E-state index is -3.74. The molecule has 0 saturated heterocycles. The van der Waals surface area contributed by atoms with E-state index in [0.29, 0.717) is 29.2 Å². The summed E-state index contributed by atoms with van der Waals surface area (Å²) in [5.41, 5.74) is 1.20. The van der Waals surface area contributed by atoms with Crippen LogP contribution in [0.2, 0.25) is 0 Å². The summed E-state index contributed by atoms with van der Waals surface area (Å²) in [7, 11) is -2.21. The Morgan fingerprint density at radius 3 is 2.46 bits per heavy atom. The summed E-state index contributed by atoms with van der Waals surface area (Å²) >= 11 is 0. The van der Waals surface area contributed by atoms with Crippen LogP contribution < -0.4 is 9.47 Å². The molecule has 140 valence electrons. The number of fused-ring (bicyclic) bond motifs is 1. The maximum Gasteiger partial charge on any atom is 0.512 e. The normalized spacial score (nSPS) is 14.7. The van der Waals surface area contributed by atoms with Crippen molar-refractivity contribution in [3.63, 3.8) is 0 Å². The topological polar surface area (TPSA) is 111 Å². The fourth-order valence-electron chi connectivity index (χ4n) is 3.11. The van der Waals surface area contributed by atoms with Crippen LogP contribution in [0, 0.1) is 13.8 Å². The van der Waals surface area contributed by atoms with Crippen molar-refractivity contribution in [2.75, 3.05) is 13.7 Å². The van der Waals surface area contributed by atoms with Crippen molar-refractivity contribution < 1.29 is 27.8 Å². The Balaban J connectivity index is 1.92. The van der Waals surface area contributed by atoms with Gasteiger partial charge in [-0.15, -0.1) is 0 Å². The number of hydrogen-bond acceptors (Lipinski definition) is 6. The second-order valence-electron chi connectivity index (χ2n) is 5.99. The lowest BCUT2D eigenvalue weighted by molar-refractivity contribution is 0.142. The van der Waals surface area contributed by atoms with Crippen molar-refractivity contribution in [2.45, 2.75) is 31.8 Å². The van der Waals surface area contributed by atoms with Crippen molar-refractivity contribution in [3.8, 4) is 11.6 Å². The van der Waals surface area contributed by atoms with Crippen LogP contribution in [0.3, 0.4) is 0 Å². The first kappa shape index (κ1) is 18.2. The van der Waals surface area contributed by atoms with Gasteiger partial charge in [0.1, 0.15) is 11.6 Å². The molecule has 2 heterocycles. The summed E-state index contributed by atoms with van der Waals surface area (Å²) in [6.45, 7) is 4.11. The zero-order valence-electron chi connectivity index (χ0n) is 14.6. The average Bonchev–Trinajstić information content (AvgIpc) is 2.94. The molecule has 1 aliphatic rings. The second-order valence-corrected chi connectivity index (χ2v) is 7.86. The summed E-state index contributed by atoms with van der Waals surface area (Å²) in [5, 5.41) is 8.67. The molecular weight excluding hydrogens is 362 g/mol. The van der Waals surface area contributed by atoms with Gasteiger partial charge in [0.25, 0.3) is 0 Å². The number of ether oxygens (including phenoxy) is 2. The number of sulfonamides is 1. The number of nitrogens with zero attached hydrogens (tertiary/aromatic N) is 3. The molecule has 0 radical (unpaired) electrons. The monoisotopic (exact) mass is 381 g/mol. The largest absolute Gasteiger partial charge is 0.512 e. The Kier molecular flexibility index (Phi) is 4.63. The zero-order chi connectivity index (χ0) is 19.1. The number of carboxylic acid groups (broad SMARTS) is 1. The van der Waals surface area contributed by atoms with E-state index in [1.807, 2.05) is 0 Å². The fourth-order valence-corrected chi connectivity index (χ4v) is 4.91. The first-order valence-electron chi connectivity index (χ1n) is 7.84. The number of methoxy groups -OCH3 is 1. The number of imidazole rings is 1. The van der Waals surface area contributed by atoms with Gasteiger partial charge in [0.05, 0.1) is 24.7 Å². The van der Waals surface area contributed by atoms with Gasteiger partial charge in [-0.3, -0.25) is 0 Å². The van der Waals surface area contributed by atoms with Crippen LogP contribution in [0.15, 0.2) is 23.2 Å². The lowest BCUT2D eigenvalue weighted by Gasteiger charge is -2.28. The summed E-state index contributed by atoms with van der Waals surface area (Å²) < 4.78 is 39.0. The predicted molar refractivity (Wildman–Crippen MR) is 90.9 cm³/mol. The van der Waals surface area contributed by atoms with Crippen LogP contribution in [0.25, 0.3) is 0 Å². The molecule has 0 spiro atoms. The van der Waals surface area contributed by atoms with Crippen molar-refractivity contribution in [1.29, 1.82) is 0 Å². The van der Waals surface area contributed by atoms with E-state index in [1.54, 1.807) is 30.5 Å². The van der Waals surface area contributed by atoms with Gasteiger partial charge in [0.15, 0.2) is 0 Å². The Morgan fingerprint density at radius 2 is 1.88 bits per heavy atom. The molecule has 1 aromatic carbocycles. The lowest BCUT2D eigenvalue weighted by atomic mass is 10.1. The maximum absolute atomic E-state index is 13.1. The molecule has 0 unspecified atom stereocenters. The molecule has 10 heteroatoms. The minimum absolute atomic E-state index is 0.0379. The number of aromatic nitrogens is 2. The molecule has 1 aliphatic heterocycles. The van der Waals surface area contributed by atoms with E-state index in [9.17, 15) is 13.2 Å². The van der Waals surface area contributed by atoms with Crippen molar-refractivity contribution in [3.05, 3.63) is 35.3 Å². The molecular formula is C16H19N3O6S. The second kappa shape index (κ2) is 6.61. The highest BCUT2D eigenvalue weighted by molar-refractivity contribution is 7.89. The molecule has 9 nitrogen and oxygen atoms in total. The Labute approximate surface area is 150 Å². The molecule has 0 atom stereocenters. The van der Waals surface area contributed by atoms with Gasteiger partial charge in [0, 0.05) is 13.1 Å². The van der Waals surface area contributed by atoms with Crippen LogP contribution in [-0.4, -0.2) is 47.2 Å². The molecule has 0 fully saturated rings. The number of aryl methyl sites for hydroxylation is 2. The summed E-state index contributed by atoms with van der Waals surface area (Å²) in [6.07, 6.45) is -0.00786. The third kappa shape index (κ3) is 3.25. The molecule has 0 bridgehead atoms. The van der Waals surface area contributed by atoms with E-state index < -0.39 is 16.2 Å². The van der Waals surface area contributed by atoms with Gasteiger partial charge in [-0.1, -0.05) is 0 Å².